The van der Waals surface area contributed by atoms with Gasteiger partial charge in [0.2, 0.25) is 0 Å². The first kappa shape index (κ1) is 14.7. The van der Waals surface area contributed by atoms with E-state index in [0.29, 0.717) is 0 Å². The van der Waals surface area contributed by atoms with E-state index in [2.05, 4.69) is 47.0 Å². The van der Waals surface area contributed by atoms with Crippen LogP contribution >= 0.6 is 11.3 Å². The third kappa shape index (κ3) is 3.17. The van der Waals surface area contributed by atoms with E-state index in [0.717, 1.165) is 48.9 Å². The second kappa shape index (κ2) is 5.87. The van der Waals surface area contributed by atoms with Gasteiger partial charge in [0.15, 0.2) is 0 Å². The molecule has 0 radical (unpaired) electrons. The van der Waals surface area contributed by atoms with Gasteiger partial charge in [-0.25, -0.2) is 9.97 Å². The molecule has 1 saturated heterocycles. The van der Waals surface area contributed by atoms with Crippen molar-refractivity contribution in [1.82, 2.24) is 14.9 Å². The Morgan fingerprint density at radius 3 is 2.86 bits per heavy atom. The van der Waals surface area contributed by atoms with Crippen LogP contribution in [0.2, 0.25) is 0 Å². The van der Waals surface area contributed by atoms with Gasteiger partial charge in [-0.3, -0.25) is 4.90 Å². The molecule has 0 unspecified atom stereocenters. The summed E-state index contributed by atoms with van der Waals surface area (Å²) in [6.45, 7) is 11.1. The molecule has 0 atom stereocenters. The van der Waals surface area contributed by atoms with Gasteiger partial charge >= 0.3 is 0 Å². The monoisotopic (exact) mass is 306 g/mol. The number of rotatable bonds is 4. The van der Waals surface area contributed by atoms with Crippen LogP contribution in [-0.4, -0.2) is 53.3 Å². The van der Waals surface area contributed by atoms with Gasteiger partial charge in [0.25, 0.3) is 0 Å². The van der Waals surface area contributed by atoms with Crippen LogP contribution in [0.5, 0.6) is 0 Å². The lowest BCUT2D eigenvalue weighted by atomic mass is 10.0. The van der Waals surface area contributed by atoms with E-state index in [1.165, 1.54) is 4.88 Å². The standard InChI is InChI=1S/C15H22N4OS/c1-11-8-12-13(17-10-18-14(12)21-11)16-9-15(2,3)19-4-6-20-7-5-19/h8,10H,4-7,9H2,1-3H3,(H,16,17,18). The second-order valence-electron chi connectivity index (χ2n) is 6.06. The normalized spacial score (nSPS) is 17.3. The van der Waals surface area contributed by atoms with Crippen molar-refractivity contribution in [3.05, 3.63) is 17.3 Å². The number of hydrogen-bond donors (Lipinski definition) is 1. The van der Waals surface area contributed by atoms with Crippen molar-refractivity contribution in [2.75, 3.05) is 38.2 Å². The smallest absolute Gasteiger partial charge is 0.138 e. The average molecular weight is 306 g/mol. The highest BCUT2D eigenvalue weighted by molar-refractivity contribution is 7.18. The Bertz CT molecular complexity index is 619. The largest absolute Gasteiger partial charge is 0.379 e. The molecule has 0 aliphatic carbocycles. The van der Waals surface area contributed by atoms with Crippen molar-refractivity contribution < 1.29 is 4.74 Å². The molecule has 3 rings (SSSR count). The lowest BCUT2D eigenvalue weighted by Crippen LogP contribution is -2.53. The molecule has 0 amide bonds. The van der Waals surface area contributed by atoms with Gasteiger partial charge in [-0.05, 0) is 26.8 Å². The number of morpholine rings is 1. The van der Waals surface area contributed by atoms with E-state index in [1.807, 2.05) is 0 Å². The molecule has 1 aliphatic rings. The van der Waals surface area contributed by atoms with Gasteiger partial charge in [-0.15, -0.1) is 11.3 Å². The number of anilines is 1. The Morgan fingerprint density at radius 2 is 2.10 bits per heavy atom. The highest BCUT2D eigenvalue weighted by Crippen LogP contribution is 2.28. The van der Waals surface area contributed by atoms with E-state index in [4.69, 9.17) is 4.74 Å². The van der Waals surface area contributed by atoms with E-state index in [-0.39, 0.29) is 5.54 Å². The molecule has 2 aromatic heterocycles. The topological polar surface area (TPSA) is 50.3 Å². The lowest BCUT2D eigenvalue weighted by molar-refractivity contribution is -0.00569. The summed E-state index contributed by atoms with van der Waals surface area (Å²) in [7, 11) is 0. The highest BCUT2D eigenvalue weighted by Gasteiger charge is 2.28. The van der Waals surface area contributed by atoms with Gasteiger partial charge in [0.1, 0.15) is 17.0 Å². The Labute approximate surface area is 129 Å². The van der Waals surface area contributed by atoms with Crippen LogP contribution in [0.4, 0.5) is 5.82 Å². The molecular weight excluding hydrogens is 284 g/mol. The zero-order chi connectivity index (χ0) is 14.9. The molecule has 6 heteroatoms. The second-order valence-corrected chi connectivity index (χ2v) is 7.30. The maximum atomic E-state index is 5.44. The van der Waals surface area contributed by atoms with E-state index < -0.39 is 0 Å². The highest BCUT2D eigenvalue weighted by atomic mass is 32.1. The average Bonchev–Trinajstić information content (AvgIpc) is 2.87. The van der Waals surface area contributed by atoms with E-state index >= 15 is 0 Å². The summed E-state index contributed by atoms with van der Waals surface area (Å²) in [4.78, 5) is 13.5. The van der Waals surface area contributed by atoms with Crippen LogP contribution in [0.1, 0.15) is 18.7 Å². The van der Waals surface area contributed by atoms with Crippen LogP contribution in [0.25, 0.3) is 10.2 Å². The summed E-state index contributed by atoms with van der Waals surface area (Å²) in [5.74, 6) is 0.936. The quantitative estimate of drug-likeness (QED) is 0.940. The Balaban J connectivity index is 1.73. The molecule has 0 aromatic carbocycles. The van der Waals surface area contributed by atoms with E-state index in [1.54, 1.807) is 17.7 Å². The number of hydrogen-bond acceptors (Lipinski definition) is 6. The first-order valence-electron chi connectivity index (χ1n) is 7.34. The predicted molar refractivity (Wildman–Crippen MR) is 87.1 cm³/mol. The molecule has 2 aromatic rings. The number of aromatic nitrogens is 2. The zero-order valence-corrected chi connectivity index (χ0v) is 13.7. The number of nitrogens with one attached hydrogen (secondary N) is 1. The van der Waals surface area contributed by atoms with E-state index in [9.17, 15) is 0 Å². The van der Waals surface area contributed by atoms with Crippen molar-refractivity contribution in [3.8, 4) is 0 Å². The summed E-state index contributed by atoms with van der Waals surface area (Å²) >= 11 is 1.71. The fourth-order valence-corrected chi connectivity index (χ4v) is 3.54. The van der Waals surface area contributed by atoms with Gasteiger partial charge in [-0.1, -0.05) is 0 Å². The summed E-state index contributed by atoms with van der Waals surface area (Å²) in [6, 6.07) is 2.16. The molecular formula is C15H22N4OS. The Hall–Kier alpha value is -1.24. The summed E-state index contributed by atoms with van der Waals surface area (Å²) in [5.41, 5.74) is 0.0755. The molecule has 0 spiro atoms. The third-order valence-corrected chi connectivity index (χ3v) is 4.97. The van der Waals surface area contributed by atoms with Gasteiger partial charge in [0, 0.05) is 30.1 Å². The molecule has 1 aliphatic heterocycles. The molecule has 3 heterocycles. The van der Waals surface area contributed by atoms with Gasteiger partial charge in [0.05, 0.1) is 18.6 Å². The van der Waals surface area contributed by atoms with Gasteiger partial charge < -0.3 is 10.1 Å². The van der Waals surface area contributed by atoms with Gasteiger partial charge in [-0.2, -0.15) is 0 Å². The molecule has 1 fully saturated rings. The van der Waals surface area contributed by atoms with Crippen LogP contribution in [0, 0.1) is 6.92 Å². The predicted octanol–water partition coefficient (Wildman–Crippen LogP) is 2.52. The zero-order valence-electron chi connectivity index (χ0n) is 12.8. The number of nitrogens with zero attached hydrogens (tertiary/aromatic N) is 3. The molecule has 1 N–H and O–H groups in total. The van der Waals surface area contributed by atoms with Crippen LogP contribution in [-0.2, 0) is 4.74 Å². The minimum absolute atomic E-state index is 0.0755. The van der Waals surface area contributed by atoms with Crippen LogP contribution in [0.15, 0.2) is 12.4 Å². The SMILES string of the molecule is Cc1cc2c(NCC(C)(C)N3CCOCC3)ncnc2s1. The Kier molecular flexibility index (Phi) is 4.10. The van der Waals surface area contributed by atoms with Crippen molar-refractivity contribution in [1.29, 1.82) is 0 Å². The molecule has 114 valence electrons. The summed E-state index contributed by atoms with van der Waals surface area (Å²) in [6.07, 6.45) is 1.64. The maximum Gasteiger partial charge on any atom is 0.138 e. The number of aryl methyl sites for hydroxylation is 1. The first-order chi connectivity index (χ1) is 10.1. The van der Waals surface area contributed by atoms with Crippen molar-refractivity contribution >= 4 is 27.4 Å². The lowest BCUT2D eigenvalue weighted by Gasteiger charge is -2.41. The molecule has 21 heavy (non-hydrogen) atoms. The fraction of sp³-hybridized carbons (Fsp3) is 0.600. The Morgan fingerprint density at radius 1 is 1.33 bits per heavy atom. The fourth-order valence-electron chi connectivity index (χ4n) is 2.70. The molecule has 0 saturated carbocycles. The minimum atomic E-state index is 0.0755. The third-order valence-electron chi connectivity index (χ3n) is 4.01. The van der Waals surface area contributed by atoms with Crippen LogP contribution in [0.3, 0.4) is 0 Å². The number of fused-ring (bicyclic) bond motifs is 1. The molecule has 0 bridgehead atoms. The summed E-state index contributed by atoms with van der Waals surface area (Å²) < 4.78 is 5.44. The van der Waals surface area contributed by atoms with Crippen molar-refractivity contribution in [3.63, 3.8) is 0 Å². The van der Waals surface area contributed by atoms with Crippen molar-refractivity contribution in [2.24, 2.45) is 0 Å². The van der Waals surface area contributed by atoms with Crippen LogP contribution < -0.4 is 5.32 Å². The number of ether oxygens (including phenoxy) is 1. The maximum absolute atomic E-state index is 5.44. The summed E-state index contributed by atoms with van der Waals surface area (Å²) in [5, 5.41) is 4.63. The first-order valence-corrected chi connectivity index (χ1v) is 8.16. The van der Waals surface area contributed by atoms with Crippen molar-refractivity contribution in [2.45, 2.75) is 26.3 Å². The number of thiophene rings is 1. The molecule has 5 nitrogen and oxygen atoms in total. The minimum Gasteiger partial charge on any atom is -0.379 e.